The van der Waals surface area contributed by atoms with E-state index in [1.54, 1.807) is 0 Å². The number of aryl methyl sites for hydroxylation is 9. The second-order valence-corrected chi connectivity index (χ2v) is 21.4. The highest BCUT2D eigenvalue weighted by Crippen LogP contribution is 2.49. The van der Waals surface area contributed by atoms with Crippen molar-refractivity contribution in [1.82, 2.24) is 0 Å². The van der Waals surface area contributed by atoms with Crippen molar-refractivity contribution in [3.63, 3.8) is 0 Å². The molecule has 0 bridgehead atoms. The van der Waals surface area contributed by atoms with Gasteiger partial charge in [-0.1, -0.05) is 83.9 Å². The zero-order valence-corrected chi connectivity index (χ0v) is 42.0. The lowest BCUT2D eigenvalue weighted by Crippen LogP contribution is -2.64. The van der Waals surface area contributed by atoms with Crippen LogP contribution in [0.1, 0.15) is 50.1 Å². The third-order valence-electron chi connectivity index (χ3n) is 16.2. The van der Waals surface area contributed by atoms with E-state index in [1.807, 2.05) is 0 Å². The number of para-hydroxylation sites is 2. The van der Waals surface area contributed by atoms with Crippen LogP contribution in [0.3, 0.4) is 0 Å². The van der Waals surface area contributed by atoms with Crippen LogP contribution in [0.4, 0.5) is 34.1 Å². The molecule has 0 N–H and O–H groups in total. The van der Waals surface area contributed by atoms with Crippen molar-refractivity contribution >= 4 is 103 Å². The van der Waals surface area contributed by atoms with Gasteiger partial charge < -0.3 is 28.7 Å². The molecule has 0 aromatic heterocycles. The van der Waals surface area contributed by atoms with Gasteiger partial charge in [0.15, 0.2) is 0 Å². The standard InChI is InChI=1S/C63H49B3N2O4/c1-32-18-37(6)62(38(7)19-32)67-47-30-54-46(28-43(47)64-41-14-10-12-16-51(41)69-55-24-34(3)22-49(67)59(55)64)66-44-29-45-53(72-58-27-36(5)26-57-61(58)65(45)42-15-11-13-17-52(42)70-57)31-48(44)68(63-39(8)20-33(2)21-40(63)9)50-23-35(4)25-56(71-54)60(50)66/h10-31H,1-9H3. The van der Waals surface area contributed by atoms with Crippen LogP contribution >= 0.6 is 0 Å². The van der Waals surface area contributed by atoms with Gasteiger partial charge in [-0.2, -0.15) is 0 Å². The van der Waals surface area contributed by atoms with E-state index in [9.17, 15) is 0 Å². The fourth-order valence-electron chi connectivity index (χ4n) is 13.8. The molecule has 0 fully saturated rings. The first-order valence-electron chi connectivity index (χ1n) is 25.3. The van der Waals surface area contributed by atoms with Gasteiger partial charge in [0.25, 0.3) is 20.1 Å². The Morgan fingerprint density at radius 3 is 1.04 bits per heavy atom. The van der Waals surface area contributed by atoms with Crippen LogP contribution in [-0.4, -0.2) is 20.1 Å². The van der Waals surface area contributed by atoms with Crippen molar-refractivity contribution in [2.75, 3.05) is 9.80 Å². The Morgan fingerprint density at radius 2 is 0.611 bits per heavy atom. The summed E-state index contributed by atoms with van der Waals surface area (Å²) in [6.07, 6.45) is 0. The van der Waals surface area contributed by atoms with E-state index < -0.39 is 0 Å². The van der Waals surface area contributed by atoms with Crippen LogP contribution in [0.2, 0.25) is 0 Å². The first kappa shape index (κ1) is 41.7. The first-order valence-corrected chi connectivity index (χ1v) is 25.3. The highest BCUT2D eigenvalue weighted by molar-refractivity contribution is 7.03. The monoisotopic (exact) mass is 930 g/mol. The van der Waals surface area contributed by atoms with Crippen LogP contribution in [0.25, 0.3) is 0 Å². The molecule has 9 aromatic rings. The third-order valence-corrected chi connectivity index (χ3v) is 16.2. The SMILES string of the molecule is Cc1cc(C)c(N2c3cc4c(cc3B3c5cc6c(cc5Oc5cc(C)cc2c53)N(c2c(C)cc(C)cc2C)c2cc(C)cc3c2B6c2ccccc2O3)B2c3ccccc3Oc3cc(C)cc(c32)O4)c(C)c1. The lowest BCUT2D eigenvalue weighted by Gasteiger charge is -2.44. The normalized spacial score (nSPS) is 14.2. The maximum atomic E-state index is 7.47. The highest BCUT2D eigenvalue weighted by atomic mass is 16.5. The van der Waals surface area contributed by atoms with Crippen molar-refractivity contribution in [3.05, 3.63) is 184 Å². The lowest BCUT2D eigenvalue weighted by atomic mass is 9.29. The summed E-state index contributed by atoms with van der Waals surface area (Å²) in [5, 5.41) is 0. The minimum absolute atomic E-state index is 0.0893. The molecule has 0 amide bonds. The number of nitrogens with zero attached hydrogens (tertiary/aromatic N) is 2. The Balaban J connectivity index is 1.04. The van der Waals surface area contributed by atoms with Gasteiger partial charge in [-0.3, -0.25) is 0 Å². The molecule has 9 heteroatoms. The molecule has 0 radical (unpaired) electrons. The number of fused-ring (bicyclic) bond motifs is 12. The Hall–Kier alpha value is -8.03. The van der Waals surface area contributed by atoms with Crippen LogP contribution in [0.5, 0.6) is 46.0 Å². The summed E-state index contributed by atoms with van der Waals surface area (Å²) in [5.41, 5.74) is 28.0. The quantitative estimate of drug-likeness (QED) is 0.161. The number of benzene rings is 9. The summed E-state index contributed by atoms with van der Waals surface area (Å²) in [6.45, 7) is 19.5. The summed E-state index contributed by atoms with van der Waals surface area (Å²) >= 11 is 0. The molecule has 0 aliphatic carbocycles. The van der Waals surface area contributed by atoms with Crippen molar-refractivity contribution in [1.29, 1.82) is 0 Å². The van der Waals surface area contributed by atoms with Crippen molar-refractivity contribution in [3.8, 4) is 46.0 Å². The minimum Gasteiger partial charge on any atom is -0.458 e. The maximum absolute atomic E-state index is 7.47. The molecule has 0 unspecified atom stereocenters. The fourth-order valence-corrected chi connectivity index (χ4v) is 13.8. The van der Waals surface area contributed by atoms with Crippen molar-refractivity contribution < 1.29 is 18.9 Å². The molecule has 6 aliphatic rings. The van der Waals surface area contributed by atoms with E-state index in [2.05, 4.69) is 206 Å². The molecular weight excluding hydrogens is 881 g/mol. The molecule has 15 rings (SSSR count). The first-order chi connectivity index (χ1) is 34.9. The highest BCUT2D eigenvalue weighted by Gasteiger charge is 2.49. The van der Waals surface area contributed by atoms with E-state index >= 15 is 0 Å². The predicted molar refractivity (Wildman–Crippen MR) is 298 cm³/mol. The van der Waals surface area contributed by atoms with E-state index in [-0.39, 0.29) is 20.1 Å². The van der Waals surface area contributed by atoms with Gasteiger partial charge in [0.05, 0.1) is 11.4 Å². The molecular formula is C63H49B3N2O4. The molecule has 0 atom stereocenters. The fraction of sp³-hybridized carbons (Fsp3) is 0.143. The zero-order valence-electron chi connectivity index (χ0n) is 42.0. The summed E-state index contributed by atoms with van der Waals surface area (Å²) in [7, 11) is 0. The Morgan fingerprint density at radius 1 is 0.278 bits per heavy atom. The summed E-state index contributed by atoms with van der Waals surface area (Å²) in [5.74, 6) is 6.99. The second kappa shape index (κ2) is 14.5. The Bertz CT molecular complexity index is 3950. The maximum Gasteiger partial charge on any atom is 0.260 e. The van der Waals surface area contributed by atoms with Gasteiger partial charge >= 0.3 is 0 Å². The molecule has 0 spiro atoms. The largest absolute Gasteiger partial charge is 0.458 e. The van der Waals surface area contributed by atoms with Crippen LogP contribution < -0.4 is 77.9 Å². The number of ether oxygens (including phenoxy) is 4. The zero-order chi connectivity index (χ0) is 48.7. The molecule has 0 saturated carbocycles. The van der Waals surface area contributed by atoms with E-state index in [1.165, 1.54) is 66.6 Å². The van der Waals surface area contributed by atoms with E-state index in [0.29, 0.717) is 0 Å². The number of hydrogen-bond acceptors (Lipinski definition) is 6. The molecule has 9 aromatic carbocycles. The van der Waals surface area contributed by atoms with Gasteiger partial charge in [-0.15, -0.1) is 0 Å². The lowest BCUT2D eigenvalue weighted by molar-refractivity contribution is 0.464. The van der Waals surface area contributed by atoms with Crippen LogP contribution in [0.15, 0.2) is 133 Å². The van der Waals surface area contributed by atoms with Crippen molar-refractivity contribution in [2.45, 2.75) is 62.3 Å². The summed E-state index contributed by atoms with van der Waals surface area (Å²) in [6, 6.07) is 49.6. The topological polar surface area (TPSA) is 43.4 Å². The number of anilines is 6. The average Bonchev–Trinajstić information content (AvgIpc) is 3.33. The van der Waals surface area contributed by atoms with Gasteiger partial charge in [0, 0.05) is 40.3 Å². The van der Waals surface area contributed by atoms with Gasteiger partial charge in [0.2, 0.25) is 0 Å². The third kappa shape index (κ3) is 5.65. The van der Waals surface area contributed by atoms with Crippen LogP contribution in [-0.2, 0) is 0 Å². The Labute approximate surface area is 422 Å². The molecule has 344 valence electrons. The summed E-state index contributed by atoms with van der Waals surface area (Å²) in [4.78, 5) is 5.02. The van der Waals surface area contributed by atoms with E-state index in [4.69, 9.17) is 18.9 Å². The number of hydrogen-bond donors (Lipinski definition) is 0. The second-order valence-electron chi connectivity index (χ2n) is 21.4. The van der Waals surface area contributed by atoms with Gasteiger partial charge in [-0.25, -0.2) is 0 Å². The predicted octanol–water partition coefficient (Wildman–Crippen LogP) is 10.0. The molecule has 6 nitrogen and oxygen atoms in total. The van der Waals surface area contributed by atoms with Gasteiger partial charge in [-0.05, 0) is 193 Å². The summed E-state index contributed by atoms with van der Waals surface area (Å²) < 4.78 is 28.2. The minimum atomic E-state index is -0.188. The van der Waals surface area contributed by atoms with E-state index in [0.717, 1.165) is 113 Å². The molecule has 6 heterocycles. The molecule has 72 heavy (non-hydrogen) atoms. The Kier molecular flexibility index (Phi) is 8.43. The van der Waals surface area contributed by atoms with Crippen LogP contribution in [0, 0.1) is 62.3 Å². The van der Waals surface area contributed by atoms with Crippen molar-refractivity contribution in [2.24, 2.45) is 0 Å². The molecule has 6 aliphatic heterocycles. The number of rotatable bonds is 2. The smallest absolute Gasteiger partial charge is 0.260 e. The van der Waals surface area contributed by atoms with Gasteiger partial charge in [0.1, 0.15) is 46.0 Å². The molecule has 0 saturated heterocycles. The average molecular weight is 931 g/mol.